The summed E-state index contributed by atoms with van der Waals surface area (Å²) in [5.41, 5.74) is 4.92. The third-order valence-electron chi connectivity index (χ3n) is 4.03. The lowest BCUT2D eigenvalue weighted by Gasteiger charge is -1.98. The van der Waals surface area contributed by atoms with E-state index in [1.54, 1.807) is 10.2 Å². The highest BCUT2D eigenvalue weighted by Gasteiger charge is 2.57. The first-order valence-corrected chi connectivity index (χ1v) is 6.62. The molecule has 104 valence electrons. The first-order valence-electron chi connectivity index (χ1n) is 6.62. The molecular weight excluding hydrogens is 254 g/mol. The van der Waals surface area contributed by atoms with Crippen LogP contribution in [0.25, 0.3) is 0 Å². The van der Waals surface area contributed by atoms with Crippen molar-refractivity contribution in [2.24, 2.45) is 13.0 Å². The van der Waals surface area contributed by atoms with Crippen LogP contribution in [0.5, 0.6) is 0 Å². The number of hydroxylamine groups is 1. The summed E-state index contributed by atoms with van der Waals surface area (Å²) in [6.07, 6.45) is 1.96. The van der Waals surface area contributed by atoms with E-state index in [0.717, 1.165) is 16.8 Å². The average molecular weight is 271 g/mol. The summed E-state index contributed by atoms with van der Waals surface area (Å²) in [6.45, 7) is 1.95. The number of amides is 1. The highest BCUT2D eigenvalue weighted by Crippen LogP contribution is 2.60. The van der Waals surface area contributed by atoms with Crippen molar-refractivity contribution >= 4 is 5.91 Å². The maximum atomic E-state index is 11.9. The number of hydrogen-bond donors (Lipinski definition) is 2. The number of hydrogen-bond acceptors (Lipinski definition) is 3. The summed E-state index contributed by atoms with van der Waals surface area (Å²) in [4.78, 5) is 11.9. The summed E-state index contributed by atoms with van der Waals surface area (Å²) >= 11 is 0. The van der Waals surface area contributed by atoms with Crippen molar-refractivity contribution in [1.82, 2.24) is 15.3 Å². The van der Waals surface area contributed by atoms with Crippen molar-refractivity contribution < 1.29 is 10.0 Å². The zero-order valence-corrected chi connectivity index (χ0v) is 11.4. The lowest BCUT2D eigenvalue weighted by molar-refractivity contribution is -0.130. The SMILES string of the molecule is Cc1nn(C)cc1C1C(C(=O)NO)C1c1ccccc1. The Labute approximate surface area is 117 Å². The van der Waals surface area contributed by atoms with Crippen molar-refractivity contribution in [2.75, 3.05) is 0 Å². The number of carbonyl (C=O) groups is 1. The Kier molecular flexibility index (Phi) is 3.06. The molecule has 0 saturated heterocycles. The van der Waals surface area contributed by atoms with Crippen LogP contribution < -0.4 is 5.48 Å². The summed E-state index contributed by atoms with van der Waals surface area (Å²) in [6, 6.07) is 9.93. The fourth-order valence-corrected chi connectivity index (χ4v) is 3.13. The number of carbonyl (C=O) groups excluding carboxylic acids is 1. The van der Waals surface area contributed by atoms with E-state index in [0.29, 0.717) is 0 Å². The standard InChI is InChI=1S/C15H17N3O2/c1-9-11(8-18(2)16-9)13-12(14(13)15(19)17-20)10-6-4-3-5-7-10/h3-8,12-14,20H,1-2H3,(H,17,19). The first kappa shape index (κ1) is 12.9. The molecule has 3 unspecified atom stereocenters. The van der Waals surface area contributed by atoms with Crippen molar-refractivity contribution in [3.63, 3.8) is 0 Å². The van der Waals surface area contributed by atoms with Crippen molar-refractivity contribution in [3.8, 4) is 0 Å². The molecule has 1 heterocycles. The molecule has 1 fully saturated rings. The van der Waals surface area contributed by atoms with Gasteiger partial charge in [-0.25, -0.2) is 5.48 Å². The summed E-state index contributed by atoms with van der Waals surface area (Å²) in [7, 11) is 1.87. The van der Waals surface area contributed by atoms with Crippen molar-refractivity contribution in [2.45, 2.75) is 18.8 Å². The van der Waals surface area contributed by atoms with Crippen LogP contribution in [0.4, 0.5) is 0 Å². The van der Waals surface area contributed by atoms with Crippen molar-refractivity contribution in [3.05, 3.63) is 53.3 Å². The second kappa shape index (κ2) is 4.76. The van der Waals surface area contributed by atoms with Gasteiger partial charge in [0.1, 0.15) is 0 Å². The molecule has 1 aliphatic rings. The van der Waals surface area contributed by atoms with Crippen LogP contribution in [-0.2, 0) is 11.8 Å². The van der Waals surface area contributed by atoms with Gasteiger partial charge in [0, 0.05) is 25.1 Å². The van der Waals surface area contributed by atoms with Gasteiger partial charge in [0.2, 0.25) is 5.91 Å². The minimum absolute atomic E-state index is 0.0817. The largest absolute Gasteiger partial charge is 0.289 e. The molecule has 2 aromatic rings. The molecule has 0 bridgehead atoms. The molecule has 5 heteroatoms. The highest BCUT2D eigenvalue weighted by molar-refractivity contribution is 5.84. The number of nitrogens with one attached hydrogen (secondary N) is 1. The van der Waals surface area contributed by atoms with Crippen LogP contribution in [0.2, 0.25) is 0 Å². The normalized spacial score (nSPS) is 24.4. The summed E-state index contributed by atoms with van der Waals surface area (Å²) < 4.78 is 1.76. The van der Waals surface area contributed by atoms with Crippen LogP contribution in [0.15, 0.2) is 36.5 Å². The molecule has 1 aliphatic carbocycles. The molecule has 20 heavy (non-hydrogen) atoms. The Bertz CT molecular complexity index is 636. The van der Waals surface area contributed by atoms with E-state index in [1.807, 2.05) is 50.5 Å². The Hall–Kier alpha value is -2.14. The topological polar surface area (TPSA) is 67.2 Å². The van der Waals surface area contributed by atoms with E-state index in [-0.39, 0.29) is 23.7 Å². The molecule has 2 N–H and O–H groups in total. The van der Waals surface area contributed by atoms with E-state index in [2.05, 4.69) is 5.10 Å². The molecule has 0 spiro atoms. The smallest absolute Gasteiger partial charge is 0.247 e. The Morgan fingerprint density at radius 1 is 1.30 bits per heavy atom. The third kappa shape index (κ3) is 2.00. The summed E-state index contributed by atoms with van der Waals surface area (Å²) in [5.74, 6) is -0.373. The number of benzene rings is 1. The van der Waals surface area contributed by atoms with Crippen LogP contribution in [0.1, 0.15) is 28.7 Å². The van der Waals surface area contributed by atoms with E-state index < -0.39 is 0 Å². The fraction of sp³-hybridized carbons (Fsp3) is 0.333. The molecule has 1 aromatic carbocycles. The van der Waals surface area contributed by atoms with E-state index in [9.17, 15) is 4.79 Å². The van der Waals surface area contributed by atoms with Gasteiger partial charge in [-0.2, -0.15) is 5.10 Å². The van der Waals surface area contributed by atoms with Crippen LogP contribution in [0.3, 0.4) is 0 Å². The van der Waals surface area contributed by atoms with Crippen LogP contribution in [-0.4, -0.2) is 20.9 Å². The van der Waals surface area contributed by atoms with E-state index in [4.69, 9.17) is 5.21 Å². The van der Waals surface area contributed by atoms with E-state index in [1.165, 1.54) is 0 Å². The first-order chi connectivity index (χ1) is 9.63. The monoisotopic (exact) mass is 271 g/mol. The predicted octanol–water partition coefficient (Wildman–Crippen LogP) is 1.73. The lowest BCUT2D eigenvalue weighted by Crippen LogP contribution is -2.21. The number of rotatable bonds is 3. The Balaban J connectivity index is 1.97. The number of aromatic nitrogens is 2. The molecule has 3 atom stereocenters. The van der Waals surface area contributed by atoms with Gasteiger partial charge in [-0.3, -0.25) is 14.7 Å². The maximum absolute atomic E-state index is 11.9. The van der Waals surface area contributed by atoms with Gasteiger partial charge in [0.25, 0.3) is 0 Å². The second-order valence-electron chi connectivity index (χ2n) is 5.31. The van der Waals surface area contributed by atoms with Gasteiger partial charge >= 0.3 is 0 Å². The average Bonchev–Trinajstić information content (AvgIpc) is 3.11. The lowest BCUT2D eigenvalue weighted by atomic mass is 10.1. The molecule has 1 aromatic heterocycles. The number of aryl methyl sites for hydroxylation is 2. The predicted molar refractivity (Wildman–Crippen MR) is 73.3 cm³/mol. The van der Waals surface area contributed by atoms with Gasteiger partial charge in [-0.1, -0.05) is 30.3 Å². The minimum Gasteiger partial charge on any atom is -0.289 e. The van der Waals surface area contributed by atoms with Crippen LogP contribution >= 0.6 is 0 Å². The molecule has 1 amide bonds. The van der Waals surface area contributed by atoms with Gasteiger partial charge < -0.3 is 0 Å². The highest BCUT2D eigenvalue weighted by atomic mass is 16.5. The van der Waals surface area contributed by atoms with Crippen molar-refractivity contribution in [1.29, 1.82) is 0 Å². The molecular formula is C15H17N3O2. The van der Waals surface area contributed by atoms with E-state index >= 15 is 0 Å². The second-order valence-corrected chi connectivity index (χ2v) is 5.31. The van der Waals surface area contributed by atoms with Gasteiger partial charge in [-0.05, 0) is 18.1 Å². The number of nitrogens with zero attached hydrogens (tertiary/aromatic N) is 2. The Morgan fingerprint density at radius 3 is 2.55 bits per heavy atom. The molecule has 0 radical (unpaired) electrons. The van der Waals surface area contributed by atoms with Crippen LogP contribution in [0, 0.1) is 12.8 Å². The van der Waals surface area contributed by atoms with Gasteiger partial charge in [0.15, 0.2) is 0 Å². The van der Waals surface area contributed by atoms with Gasteiger partial charge in [0.05, 0.1) is 11.6 Å². The zero-order chi connectivity index (χ0) is 14.3. The minimum atomic E-state index is -0.327. The molecule has 3 rings (SSSR count). The fourth-order valence-electron chi connectivity index (χ4n) is 3.13. The molecule has 1 saturated carbocycles. The maximum Gasteiger partial charge on any atom is 0.247 e. The summed E-state index contributed by atoms with van der Waals surface area (Å²) in [5, 5.41) is 13.3. The zero-order valence-electron chi connectivity index (χ0n) is 11.4. The molecule has 0 aliphatic heterocycles. The quantitative estimate of drug-likeness (QED) is 0.660. The Morgan fingerprint density at radius 2 is 2.00 bits per heavy atom. The third-order valence-corrected chi connectivity index (χ3v) is 4.03. The molecule has 5 nitrogen and oxygen atoms in total. The van der Waals surface area contributed by atoms with Gasteiger partial charge in [-0.15, -0.1) is 0 Å².